The predicted molar refractivity (Wildman–Crippen MR) is 114 cm³/mol. The predicted octanol–water partition coefficient (Wildman–Crippen LogP) is 5.56. The van der Waals surface area contributed by atoms with Gasteiger partial charge < -0.3 is 9.84 Å². The van der Waals surface area contributed by atoms with Crippen molar-refractivity contribution in [1.29, 1.82) is 0 Å². The third-order valence-electron chi connectivity index (χ3n) is 4.32. The minimum Gasteiger partial charge on any atom is -0.493 e. The van der Waals surface area contributed by atoms with Gasteiger partial charge in [0.15, 0.2) is 5.78 Å². The summed E-state index contributed by atoms with van der Waals surface area (Å²) in [5.41, 5.74) is 3.61. The molecule has 2 aromatic rings. The van der Waals surface area contributed by atoms with E-state index in [4.69, 9.17) is 9.84 Å². The van der Waals surface area contributed by atoms with E-state index in [2.05, 4.69) is 0 Å². The first kappa shape index (κ1) is 21.8. The molecule has 0 aliphatic heterocycles. The highest BCUT2D eigenvalue weighted by Crippen LogP contribution is 2.26. The summed E-state index contributed by atoms with van der Waals surface area (Å²) in [6.45, 7) is 4.44. The number of aryl methyl sites for hydroxylation is 2. The van der Waals surface area contributed by atoms with Crippen LogP contribution in [0.5, 0.6) is 5.75 Å². The van der Waals surface area contributed by atoms with Crippen LogP contribution in [0.3, 0.4) is 0 Å². The number of aliphatic carboxylic acids is 1. The number of ether oxygens (including phenoxy) is 1. The zero-order chi connectivity index (χ0) is 20.5. The van der Waals surface area contributed by atoms with Crippen LogP contribution in [0.4, 0.5) is 0 Å². The quantitative estimate of drug-likeness (QED) is 0.246. The smallest absolute Gasteiger partial charge is 0.303 e. The Kier molecular flexibility index (Phi) is 8.33. The van der Waals surface area contributed by atoms with Gasteiger partial charge in [0.1, 0.15) is 5.75 Å². The van der Waals surface area contributed by atoms with E-state index in [1.807, 2.05) is 62.6 Å². The molecule has 4 nitrogen and oxygen atoms in total. The van der Waals surface area contributed by atoms with Crippen LogP contribution in [-0.2, 0) is 4.79 Å². The number of hydrogen-bond donors (Lipinski definition) is 1. The van der Waals surface area contributed by atoms with Crippen LogP contribution < -0.4 is 4.74 Å². The lowest BCUT2D eigenvalue weighted by Gasteiger charge is -2.13. The first-order chi connectivity index (χ1) is 13.4. The number of carboxylic acids is 1. The van der Waals surface area contributed by atoms with Crippen molar-refractivity contribution in [1.82, 2.24) is 0 Å². The summed E-state index contributed by atoms with van der Waals surface area (Å²) in [4.78, 5) is 24.0. The molecule has 1 N–H and O–H groups in total. The van der Waals surface area contributed by atoms with Crippen molar-refractivity contribution in [3.05, 3.63) is 64.7 Å². The first-order valence-electron chi connectivity index (χ1n) is 9.23. The van der Waals surface area contributed by atoms with E-state index in [1.54, 1.807) is 17.8 Å². The van der Waals surface area contributed by atoms with E-state index in [1.165, 1.54) is 0 Å². The van der Waals surface area contributed by atoms with Gasteiger partial charge in [-0.3, -0.25) is 9.59 Å². The number of carbonyl (C=O) groups is 2. The molecule has 0 atom stereocenters. The summed E-state index contributed by atoms with van der Waals surface area (Å²) < 4.78 is 5.84. The van der Waals surface area contributed by atoms with Crippen molar-refractivity contribution in [3.63, 3.8) is 0 Å². The van der Waals surface area contributed by atoms with Crippen LogP contribution in [-0.4, -0.2) is 29.7 Å². The minimum absolute atomic E-state index is 0.0262. The molecule has 0 saturated carbocycles. The number of unbranched alkanes of at least 4 members (excludes halogenated alkanes) is 1. The number of thioether (sulfide) groups is 1. The average molecular weight is 399 g/mol. The maximum Gasteiger partial charge on any atom is 0.303 e. The lowest BCUT2D eigenvalue weighted by Crippen LogP contribution is -2.03. The van der Waals surface area contributed by atoms with Crippen LogP contribution in [0.1, 0.15) is 46.3 Å². The molecule has 28 heavy (non-hydrogen) atoms. The molecule has 0 radical (unpaired) electrons. The minimum atomic E-state index is -0.779. The van der Waals surface area contributed by atoms with Gasteiger partial charge in [-0.25, -0.2) is 0 Å². The molecule has 0 bridgehead atoms. The molecule has 0 aliphatic carbocycles. The number of carboxylic acid groups (broad SMARTS) is 1. The Morgan fingerprint density at radius 1 is 1.07 bits per heavy atom. The first-order valence-corrected chi connectivity index (χ1v) is 10.5. The third-order valence-corrected chi connectivity index (χ3v) is 5.06. The number of rotatable bonds is 10. The zero-order valence-electron chi connectivity index (χ0n) is 16.5. The maximum atomic E-state index is 12.3. The van der Waals surface area contributed by atoms with Crippen LogP contribution in [0.2, 0.25) is 0 Å². The van der Waals surface area contributed by atoms with Crippen molar-refractivity contribution < 1.29 is 19.4 Å². The SMILES string of the molecule is CSc1ccc(C(=O)C=Cc2cc(C)c(OCCCCC(=O)O)c(C)c2)cc1. The van der Waals surface area contributed by atoms with Gasteiger partial charge >= 0.3 is 5.97 Å². The van der Waals surface area contributed by atoms with Gasteiger partial charge in [-0.2, -0.15) is 0 Å². The van der Waals surface area contributed by atoms with Gasteiger partial charge in [0.25, 0.3) is 0 Å². The highest BCUT2D eigenvalue weighted by atomic mass is 32.2. The van der Waals surface area contributed by atoms with E-state index >= 15 is 0 Å². The van der Waals surface area contributed by atoms with Gasteiger partial charge in [0, 0.05) is 16.9 Å². The Hall–Kier alpha value is -2.53. The largest absolute Gasteiger partial charge is 0.493 e. The van der Waals surface area contributed by atoms with Gasteiger partial charge in [0.05, 0.1) is 6.61 Å². The molecule has 0 aliphatic rings. The number of carbonyl (C=O) groups excluding carboxylic acids is 1. The molecular formula is C23H26O4S. The molecule has 0 unspecified atom stereocenters. The molecule has 0 spiro atoms. The summed E-state index contributed by atoms with van der Waals surface area (Å²) in [6, 6.07) is 11.6. The number of benzene rings is 2. The highest BCUT2D eigenvalue weighted by Gasteiger charge is 2.07. The molecule has 2 rings (SSSR count). The van der Waals surface area contributed by atoms with Crippen molar-refractivity contribution in [2.45, 2.75) is 38.0 Å². The van der Waals surface area contributed by atoms with Crippen LogP contribution in [0, 0.1) is 13.8 Å². The Balaban J connectivity index is 1.99. The van der Waals surface area contributed by atoms with Crippen molar-refractivity contribution >= 4 is 29.6 Å². The molecule has 0 aromatic heterocycles. The van der Waals surface area contributed by atoms with Crippen LogP contribution in [0.15, 0.2) is 47.4 Å². The van der Waals surface area contributed by atoms with Crippen molar-refractivity contribution in [2.75, 3.05) is 12.9 Å². The Labute approximate surface area is 170 Å². The van der Waals surface area contributed by atoms with E-state index < -0.39 is 5.97 Å². The summed E-state index contributed by atoms with van der Waals surface area (Å²) in [7, 11) is 0. The van der Waals surface area contributed by atoms with E-state index in [0.29, 0.717) is 25.0 Å². The van der Waals surface area contributed by atoms with Crippen molar-refractivity contribution in [3.8, 4) is 5.75 Å². The third kappa shape index (κ3) is 6.57. The second-order valence-corrected chi connectivity index (χ2v) is 7.49. The highest BCUT2D eigenvalue weighted by molar-refractivity contribution is 7.98. The summed E-state index contributed by atoms with van der Waals surface area (Å²) in [6.07, 6.45) is 6.89. The van der Waals surface area contributed by atoms with Gasteiger partial charge in [-0.05, 0) is 92.1 Å². The van der Waals surface area contributed by atoms with E-state index in [0.717, 1.165) is 27.3 Å². The number of hydrogen-bond acceptors (Lipinski definition) is 4. The van der Waals surface area contributed by atoms with Crippen LogP contribution in [0.25, 0.3) is 6.08 Å². The van der Waals surface area contributed by atoms with Gasteiger partial charge in [-0.1, -0.05) is 6.08 Å². The lowest BCUT2D eigenvalue weighted by molar-refractivity contribution is -0.137. The fourth-order valence-corrected chi connectivity index (χ4v) is 3.29. The van der Waals surface area contributed by atoms with E-state index in [-0.39, 0.29) is 12.2 Å². The molecule has 0 amide bonds. The second kappa shape index (κ2) is 10.7. The lowest BCUT2D eigenvalue weighted by atomic mass is 10.0. The summed E-state index contributed by atoms with van der Waals surface area (Å²) in [5, 5.41) is 8.66. The topological polar surface area (TPSA) is 63.6 Å². The Bertz CT molecular complexity index is 830. The molecule has 0 fully saturated rings. The maximum absolute atomic E-state index is 12.3. The monoisotopic (exact) mass is 398 g/mol. The normalized spacial score (nSPS) is 11.0. The molecule has 5 heteroatoms. The Morgan fingerprint density at radius 2 is 1.71 bits per heavy atom. The molecule has 0 heterocycles. The number of allylic oxidation sites excluding steroid dienone is 1. The molecule has 148 valence electrons. The van der Waals surface area contributed by atoms with Crippen LogP contribution >= 0.6 is 11.8 Å². The molecule has 0 saturated heterocycles. The number of ketones is 1. The summed E-state index contributed by atoms with van der Waals surface area (Å²) in [5.74, 6) is 0.0198. The standard InChI is InChI=1S/C23H26O4S/c1-16-14-18(7-12-21(24)19-8-10-20(28-3)11-9-19)15-17(2)23(16)27-13-5-4-6-22(25)26/h7-12,14-15H,4-6,13H2,1-3H3,(H,25,26). The summed E-state index contributed by atoms with van der Waals surface area (Å²) >= 11 is 1.65. The van der Waals surface area contributed by atoms with Gasteiger partial charge in [0.2, 0.25) is 0 Å². The van der Waals surface area contributed by atoms with Gasteiger partial charge in [-0.15, -0.1) is 11.8 Å². The average Bonchev–Trinajstić information content (AvgIpc) is 2.67. The zero-order valence-corrected chi connectivity index (χ0v) is 17.3. The molecular weight excluding hydrogens is 372 g/mol. The molecule has 2 aromatic carbocycles. The van der Waals surface area contributed by atoms with Crippen molar-refractivity contribution in [2.24, 2.45) is 0 Å². The fraction of sp³-hybridized carbons (Fsp3) is 0.304. The second-order valence-electron chi connectivity index (χ2n) is 6.61. The van der Waals surface area contributed by atoms with E-state index in [9.17, 15) is 9.59 Å². The Morgan fingerprint density at radius 3 is 2.29 bits per heavy atom. The fourth-order valence-electron chi connectivity index (χ4n) is 2.88.